The molecule has 1 saturated heterocycles. The molecule has 1 aromatic heterocycles. The van der Waals surface area contributed by atoms with Crippen LogP contribution in [0.1, 0.15) is 78.1 Å². The molecule has 9 nitrogen and oxygen atoms in total. The molecule has 1 aliphatic rings. The minimum atomic E-state index is -0.668. The van der Waals surface area contributed by atoms with Crippen molar-refractivity contribution in [1.82, 2.24) is 14.5 Å². The molecule has 0 aromatic carbocycles. The van der Waals surface area contributed by atoms with Gasteiger partial charge in [-0.3, -0.25) is 23.9 Å². The first-order valence-corrected chi connectivity index (χ1v) is 11.6. The van der Waals surface area contributed by atoms with Gasteiger partial charge in [0.05, 0.1) is 0 Å². The number of carbonyl (C=O) groups excluding carboxylic acids is 2. The van der Waals surface area contributed by atoms with E-state index in [2.05, 4.69) is 11.9 Å². The van der Waals surface area contributed by atoms with E-state index in [4.69, 9.17) is 5.73 Å². The van der Waals surface area contributed by atoms with E-state index in [9.17, 15) is 19.2 Å². The molecule has 3 N–H and O–H groups in total. The Morgan fingerprint density at radius 3 is 2.45 bits per heavy atom. The first-order chi connectivity index (χ1) is 14.9. The van der Waals surface area contributed by atoms with Crippen LogP contribution in [-0.4, -0.2) is 45.9 Å². The van der Waals surface area contributed by atoms with E-state index < -0.39 is 11.2 Å². The number of carbonyl (C=O) groups is 2. The molecule has 9 heteroatoms. The van der Waals surface area contributed by atoms with Crippen LogP contribution < -0.4 is 21.9 Å². The smallest absolute Gasteiger partial charge is 0.330 e. The number of unbranched alkanes of at least 4 members (excludes halogenated alkanes) is 3. The molecular weight excluding hydrogens is 398 g/mol. The number of likely N-dealkylation sites (tertiary alicyclic amines) is 1. The Hall–Kier alpha value is -2.58. The van der Waals surface area contributed by atoms with E-state index in [0.29, 0.717) is 32.5 Å². The van der Waals surface area contributed by atoms with E-state index in [1.807, 2.05) is 6.92 Å². The fourth-order valence-corrected chi connectivity index (χ4v) is 3.89. The van der Waals surface area contributed by atoms with Gasteiger partial charge in [-0.25, -0.2) is 4.79 Å². The SMILES string of the molecule is CCCCCN(C(=O)CN1CCCCCCC1=O)c1c(N)n(CCCC)c(=O)[nH]c1=O. The third kappa shape index (κ3) is 6.70. The normalized spacial score (nSPS) is 14.9. The van der Waals surface area contributed by atoms with Crippen LogP contribution in [0.4, 0.5) is 11.5 Å². The number of anilines is 2. The summed E-state index contributed by atoms with van der Waals surface area (Å²) in [6, 6.07) is 0. The largest absolute Gasteiger partial charge is 0.383 e. The van der Waals surface area contributed by atoms with Crippen molar-refractivity contribution < 1.29 is 9.59 Å². The number of amides is 2. The molecule has 1 aromatic rings. The summed E-state index contributed by atoms with van der Waals surface area (Å²) in [5.74, 6) is -0.370. The molecule has 0 saturated carbocycles. The highest BCUT2D eigenvalue weighted by molar-refractivity contribution is 5.98. The fraction of sp³-hybridized carbons (Fsp3) is 0.727. The molecule has 0 spiro atoms. The Balaban J connectivity index is 2.36. The molecule has 174 valence electrons. The number of aromatic nitrogens is 2. The molecular formula is C22H37N5O4. The van der Waals surface area contributed by atoms with Gasteiger partial charge in [0, 0.05) is 26.1 Å². The van der Waals surface area contributed by atoms with Crippen molar-refractivity contribution in [2.75, 3.05) is 30.3 Å². The van der Waals surface area contributed by atoms with Crippen LogP contribution in [0.5, 0.6) is 0 Å². The van der Waals surface area contributed by atoms with Crippen LogP contribution in [0.25, 0.3) is 0 Å². The van der Waals surface area contributed by atoms with Crippen LogP contribution in [0.15, 0.2) is 9.59 Å². The number of nitrogens with two attached hydrogens (primary N) is 1. The summed E-state index contributed by atoms with van der Waals surface area (Å²) in [6.45, 7) is 5.18. The molecule has 1 aliphatic heterocycles. The third-order valence-electron chi connectivity index (χ3n) is 5.75. The summed E-state index contributed by atoms with van der Waals surface area (Å²) >= 11 is 0. The van der Waals surface area contributed by atoms with Gasteiger partial charge in [0.15, 0.2) is 5.69 Å². The maximum atomic E-state index is 13.3. The highest BCUT2D eigenvalue weighted by Crippen LogP contribution is 2.20. The van der Waals surface area contributed by atoms with Crippen LogP contribution in [0.2, 0.25) is 0 Å². The van der Waals surface area contributed by atoms with Gasteiger partial charge >= 0.3 is 5.69 Å². The Morgan fingerprint density at radius 2 is 1.74 bits per heavy atom. The van der Waals surface area contributed by atoms with E-state index in [1.165, 1.54) is 9.47 Å². The summed E-state index contributed by atoms with van der Waals surface area (Å²) in [4.78, 5) is 56.0. The number of hydrogen-bond acceptors (Lipinski definition) is 5. The first kappa shape index (κ1) is 24.7. The molecule has 2 amide bonds. The van der Waals surface area contributed by atoms with Gasteiger partial charge in [-0.2, -0.15) is 0 Å². The second-order valence-corrected chi connectivity index (χ2v) is 8.23. The topological polar surface area (TPSA) is 121 Å². The van der Waals surface area contributed by atoms with E-state index >= 15 is 0 Å². The van der Waals surface area contributed by atoms with Crippen LogP contribution in [0, 0.1) is 0 Å². The lowest BCUT2D eigenvalue weighted by Crippen LogP contribution is -2.47. The van der Waals surface area contributed by atoms with E-state index in [0.717, 1.165) is 51.4 Å². The van der Waals surface area contributed by atoms with Crippen LogP contribution in [-0.2, 0) is 16.1 Å². The number of hydrogen-bond donors (Lipinski definition) is 2. The van der Waals surface area contributed by atoms with Crippen molar-refractivity contribution in [2.45, 2.75) is 84.6 Å². The number of aromatic amines is 1. The standard InChI is InChI=1S/C22H37N5O4/c1-3-5-10-15-26(18(29)16-25-13-11-8-7-9-12-17(25)28)19-20(23)27(14-6-4-2)22(31)24-21(19)30/h3-16,23H2,1-2H3,(H,24,30,31). The van der Waals surface area contributed by atoms with Gasteiger partial charge in [-0.1, -0.05) is 46.0 Å². The molecule has 31 heavy (non-hydrogen) atoms. The predicted molar refractivity (Wildman–Crippen MR) is 122 cm³/mol. The first-order valence-electron chi connectivity index (χ1n) is 11.6. The average Bonchev–Trinajstić information content (AvgIpc) is 2.72. The predicted octanol–water partition coefficient (Wildman–Crippen LogP) is 2.23. The molecule has 0 bridgehead atoms. The van der Waals surface area contributed by atoms with Gasteiger partial charge in [0.1, 0.15) is 12.4 Å². The van der Waals surface area contributed by atoms with Crippen molar-refractivity contribution in [2.24, 2.45) is 0 Å². The summed E-state index contributed by atoms with van der Waals surface area (Å²) in [6.07, 6.45) is 8.32. The molecule has 2 rings (SSSR count). The zero-order valence-electron chi connectivity index (χ0n) is 19.0. The second kappa shape index (κ2) is 12.3. The van der Waals surface area contributed by atoms with Gasteiger partial charge in [-0.15, -0.1) is 0 Å². The van der Waals surface area contributed by atoms with Crippen molar-refractivity contribution >= 4 is 23.3 Å². The fourth-order valence-electron chi connectivity index (χ4n) is 3.89. The Bertz CT molecular complexity index is 860. The van der Waals surface area contributed by atoms with Gasteiger partial charge in [0.25, 0.3) is 5.56 Å². The molecule has 1 fully saturated rings. The van der Waals surface area contributed by atoms with Gasteiger partial charge < -0.3 is 15.5 Å². The quantitative estimate of drug-likeness (QED) is 0.546. The lowest BCUT2D eigenvalue weighted by molar-refractivity contribution is -0.135. The van der Waals surface area contributed by atoms with Crippen molar-refractivity contribution in [3.63, 3.8) is 0 Å². The number of nitrogens with zero attached hydrogens (tertiary/aromatic N) is 3. The molecule has 0 unspecified atom stereocenters. The highest BCUT2D eigenvalue weighted by atomic mass is 16.2. The van der Waals surface area contributed by atoms with E-state index in [1.54, 1.807) is 4.90 Å². The minimum absolute atomic E-state index is 0.00559. The summed E-state index contributed by atoms with van der Waals surface area (Å²) in [7, 11) is 0. The molecule has 2 heterocycles. The third-order valence-corrected chi connectivity index (χ3v) is 5.75. The van der Waals surface area contributed by atoms with E-state index in [-0.39, 0.29) is 29.9 Å². The second-order valence-electron chi connectivity index (χ2n) is 8.23. The summed E-state index contributed by atoms with van der Waals surface area (Å²) < 4.78 is 1.32. The number of nitrogen functional groups attached to an aromatic ring is 1. The maximum Gasteiger partial charge on any atom is 0.330 e. The number of H-pyrrole nitrogens is 1. The number of rotatable bonds is 10. The van der Waals surface area contributed by atoms with Gasteiger partial charge in [0.2, 0.25) is 11.8 Å². The van der Waals surface area contributed by atoms with Crippen LogP contribution >= 0.6 is 0 Å². The zero-order chi connectivity index (χ0) is 22.8. The monoisotopic (exact) mass is 435 g/mol. The van der Waals surface area contributed by atoms with Crippen molar-refractivity contribution in [1.29, 1.82) is 0 Å². The Morgan fingerprint density at radius 1 is 1.03 bits per heavy atom. The van der Waals surface area contributed by atoms with Crippen molar-refractivity contribution in [3.8, 4) is 0 Å². The minimum Gasteiger partial charge on any atom is -0.383 e. The lowest BCUT2D eigenvalue weighted by atomic mass is 10.1. The molecule has 0 aliphatic carbocycles. The van der Waals surface area contributed by atoms with Gasteiger partial charge in [-0.05, 0) is 25.7 Å². The van der Waals surface area contributed by atoms with Crippen LogP contribution in [0.3, 0.4) is 0 Å². The summed E-state index contributed by atoms with van der Waals surface area (Å²) in [5.41, 5.74) is 5.02. The Kier molecular flexibility index (Phi) is 9.81. The number of nitrogens with one attached hydrogen (secondary N) is 1. The summed E-state index contributed by atoms with van der Waals surface area (Å²) in [5, 5.41) is 0. The maximum absolute atomic E-state index is 13.3. The highest BCUT2D eigenvalue weighted by Gasteiger charge is 2.27. The lowest BCUT2D eigenvalue weighted by Gasteiger charge is -2.29. The molecule has 0 atom stereocenters. The Labute approximate surface area is 183 Å². The van der Waals surface area contributed by atoms with Crippen molar-refractivity contribution in [3.05, 3.63) is 20.8 Å². The average molecular weight is 436 g/mol. The zero-order valence-corrected chi connectivity index (χ0v) is 19.0. The molecule has 0 radical (unpaired) electrons.